The third kappa shape index (κ3) is 3.27. The molecule has 0 fully saturated rings. The van der Waals surface area contributed by atoms with Crippen molar-refractivity contribution in [2.24, 2.45) is 5.73 Å². The van der Waals surface area contributed by atoms with Crippen molar-refractivity contribution in [3.05, 3.63) is 46.1 Å². The Balaban J connectivity index is 2.40. The van der Waals surface area contributed by atoms with E-state index in [1.54, 1.807) is 6.07 Å². The van der Waals surface area contributed by atoms with Gasteiger partial charge < -0.3 is 16.2 Å². The molecular weight excluding hydrogens is 289 g/mol. The maximum atomic E-state index is 11.3. The smallest absolute Gasteiger partial charge is 0.254 e. The number of nitrogens with two attached hydrogens (primary N) is 2. The molecule has 98 valence electrons. The van der Waals surface area contributed by atoms with Crippen LogP contribution >= 0.6 is 23.2 Å². The zero-order chi connectivity index (χ0) is 14.0. The average Bonchev–Trinajstić information content (AvgIpc) is 2.30. The molecule has 5 nitrogen and oxygen atoms in total. The van der Waals surface area contributed by atoms with Crippen molar-refractivity contribution in [2.75, 3.05) is 5.73 Å². The Labute approximate surface area is 119 Å². The van der Waals surface area contributed by atoms with Crippen molar-refractivity contribution in [3.8, 4) is 11.6 Å². The number of hydrogen-bond acceptors (Lipinski definition) is 4. The Hall–Kier alpha value is -1.98. The number of carbonyl (C=O) groups excluding carboxylic acids is 1. The topological polar surface area (TPSA) is 91.2 Å². The van der Waals surface area contributed by atoms with Crippen LogP contribution in [0.5, 0.6) is 11.6 Å². The Morgan fingerprint density at radius 2 is 1.79 bits per heavy atom. The number of hydrogen-bond donors (Lipinski definition) is 2. The second-order valence-electron chi connectivity index (χ2n) is 3.69. The summed E-state index contributed by atoms with van der Waals surface area (Å²) in [6.45, 7) is 0. The van der Waals surface area contributed by atoms with Crippen LogP contribution in [0.25, 0.3) is 0 Å². The molecule has 0 bridgehead atoms. The number of primary amides is 1. The van der Waals surface area contributed by atoms with E-state index in [1.807, 2.05) is 0 Å². The van der Waals surface area contributed by atoms with Crippen LogP contribution < -0.4 is 16.2 Å². The van der Waals surface area contributed by atoms with Crippen molar-refractivity contribution in [1.82, 2.24) is 4.98 Å². The van der Waals surface area contributed by atoms with Gasteiger partial charge in [-0.15, -0.1) is 0 Å². The molecule has 1 amide bonds. The van der Waals surface area contributed by atoms with Gasteiger partial charge >= 0.3 is 0 Å². The number of ether oxygens (including phenoxy) is 1. The molecule has 0 unspecified atom stereocenters. The number of benzene rings is 1. The molecule has 0 aliphatic heterocycles. The minimum Gasteiger partial charge on any atom is -0.438 e. The van der Waals surface area contributed by atoms with Gasteiger partial charge in [0, 0.05) is 10.0 Å². The number of carbonyl (C=O) groups is 1. The highest BCUT2D eigenvalue weighted by atomic mass is 35.5. The molecule has 4 N–H and O–H groups in total. The first-order chi connectivity index (χ1) is 8.95. The van der Waals surface area contributed by atoms with Crippen LogP contribution in [-0.4, -0.2) is 10.9 Å². The lowest BCUT2D eigenvalue weighted by molar-refractivity contribution is 0.0997. The minimum absolute atomic E-state index is 0.0417. The van der Waals surface area contributed by atoms with Gasteiger partial charge in [0.25, 0.3) is 5.91 Å². The monoisotopic (exact) mass is 297 g/mol. The van der Waals surface area contributed by atoms with Crippen LogP contribution in [0.15, 0.2) is 30.5 Å². The largest absolute Gasteiger partial charge is 0.438 e. The highest BCUT2D eigenvalue weighted by molar-refractivity contribution is 6.34. The van der Waals surface area contributed by atoms with Crippen LogP contribution in [0.3, 0.4) is 0 Å². The van der Waals surface area contributed by atoms with E-state index in [9.17, 15) is 4.79 Å². The van der Waals surface area contributed by atoms with E-state index in [0.29, 0.717) is 21.5 Å². The number of amides is 1. The second kappa shape index (κ2) is 5.34. The van der Waals surface area contributed by atoms with Crippen molar-refractivity contribution < 1.29 is 9.53 Å². The third-order valence-corrected chi connectivity index (χ3v) is 2.62. The van der Waals surface area contributed by atoms with E-state index in [0.717, 1.165) is 0 Å². The Morgan fingerprint density at radius 1 is 1.16 bits per heavy atom. The lowest BCUT2D eigenvalue weighted by atomic mass is 10.2. The zero-order valence-corrected chi connectivity index (χ0v) is 11.1. The number of pyridine rings is 1. The molecule has 0 spiro atoms. The lowest BCUT2D eigenvalue weighted by Crippen LogP contribution is -2.13. The van der Waals surface area contributed by atoms with E-state index in [2.05, 4.69) is 4.98 Å². The van der Waals surface area contributed by atoms with E-state index in [1.165, 1.54) is 24.4 Å². The molecule has 0 radical (unpaired) electrons. The van der Waals surface area contributed by atoms with Crippen LogP contribution in [0.2, 0.25) is 10.0 Å². The van der Waals surface area contributed by atoms with Gasteiger partial charge in [0.2, 0.25) is 5.88 Å². The van der Waals surface area contributed by atoms with Gasteiger partial charge in [-0.3, -0.25) is 4.79 Å². The summed E-state index contributed by atoms with van der Waals surface area (Å²) in [5.74, 6) is -0.305. The summed E-state index contributed by atoms with van der Waals surface area (Å²) in [5.41, 5.74) is 11.2. The number of halogens is 2. The van der Waals surface area contributed by atoms with Crippen LogP contribution in [0, 0.1) is 0 Å². The molecule has 19 heavy (non-hydrogen) atoms. The van der Waals surface area contributed by atoms with Gasteiger partial charge in [-0.1, -0.05) is 23.2 Å². The van der Waals surface area contributed by atoms with Gasteiger partial charge in [-0.25, -0.2) is 4.98 Å². The van der Waals surface area contributed by atoms with Crippen molar-refractivity contribution in [3.63, 3.8) is 0 Å². The molecule has 1 heterocycles. The molecule has 0 saturated heterocycles. The summed E-state index contributed by atoms with van der Waals surface area (Å²) in [6.07, 6.45) is 1.36. The van der Waals surface area contributed by atoms with Gasteiger partial charge in [0.1, 0.15) is 11.3 Å². The number of aromatic nitrogens is 1. The van der Waals surface area contributed by atoms with Crippen LogP contribution in [0.4, 0.5) is 5.69 Å². The molecule has 2 aromatic rings. The first kappa shape index (κ1) is 13.5. The number of anilines is 1. The summed E-state index contributed by atoms with van der Waals surface area (Å²) in [7, 11) is 0. The maximum Gasteiger partial charge on any atom is 0.254 e. The summed E-state index contributed by atoms with van der Waals surface area (Å²) in [4.78, 5) is 15.2. The van der Waals surface area contributed by atoms with Gasteiger partial charge in [-0.05, 0) is 24.3 Å². The fourth-order valence-electron chi connectivity index (χ4n) is 1.43. The lowest BCUT2D eigenvalue weighted by Gasteiger charge is -2.09. The second-order valence-corrected chi connectivity index (χ2v) is 4.57. The molecule has 7 heteroatoms. The SMILES string of the molecule is NC(=O)c1cc(N)cnc1Oc1cc(Cl)cc(Cl)c1. The van der Waals surface area contributed by atoms with Gasteiger partial charge in [0.15, 0.2) is 0 Å². The van der Waals surface area contributed by atoms with Crippen molar-refractivity contribution >= 4 is 34.8 Å². The molecule has 0 aliphatic rings. The van der Waals surface area contributed by atoms with Crippen molar-refractivity contribution in [1.29, 1.82) is 0 Å². The fourth-order valence-corrected chi connectivity index (χ4v) is 1.93. The van der Waals surface area contributed by atoms with E-state index >= 15 is 0 Å². The summed E-state index contributed by atoms with van der Waals surface area (Å²) in [6, 6.07) is 6.02. The molecule has 1 aromatic heterocycles. The third-order valence-electron chi connectivity index (χ3n) is 2.19. The van der Waals surface area contributed by atoms with E-state index in [4.69, 9.17) is 39.4 Å². The van der Waals surface area contributed by atoms with Crippen LogP contribution in [-0.2, 0) is 0 Å². The predicted octanol–water partition coefficient (Wildman–Crippen LogP) is 2.86. The predicted molar refractivity (Wildman–Crippen MR) is 73.7 cm³/mol. The van der Waals surface area contributed by atoms with E-state index < -0.39 is 5.91 Å². The number of nitrogens with zero attached hydrogens (tertiary/aromatic N) is 1. The Morgan fingerprint density at radius 3 is 2.37 bits per heavy atom. The highest BCUT2D eigenvalue weighted by Gasteiger charge is 2.13. The summed E-state index contributed by atoms with van der Waals surface area (Å²) < 4.78 is 5.45. The maximum absolute atomic E-state index is 11.3. The molecule has 1 aromatic carbocycles. The Kier molecular flexibility index (Phi) is 3.78. The normalized spacial score (nSPS) is 10.2. The minimum atomic E-state index is -0.692. The standard InChI is InChI=1S/C12H9Cl2N3O2/c13-6-1-7(14)3-9(2-6)19-12-10(11(16)18)4-8(15)5-17-12/h1-5H,15H2,(H2,16,18). The Bertz CT molecular complexity index is 627. The van der Waals surface area contributed by atoms with Gasteiger partial charge in [-0.2, -0.15) is 0 Å². The molecular formula is C12H9Cl2N3O2. The highest BCUT2D eigenvalue weighted by Crippen LogP contribution is 2.29. The number of nitrogen functional groups attached to an aromatic ring is 1. The van der Waals surface area contributed by atoms with Crippen molar-refractivity contribution in [2.45, 2.75) is 0 Å². The average molecular weight is 298 g/mol. The fraction of sp³-hybridized carbons (Fsp3) is 0. The van der Waals surface area contributed by atoms with Gasteiger partial charge in [0.05, 0.1) is 11.9 Å². The quantitative estimate of drug-likeness (QED) is 0.911. The summed E-state index contributed by atoms with van der Waals surface area (Å²) >= 11 is 11.7. The molecule has 0 saturated carbocycles. The van der Waals surface area contributed by atoms with Crippen LogP contribution in [0.1, 0.15) is 10.4 Å². The molecule has 0 atom stereocenters. The van der Waals surface area contributed by atoms with E-state index in [-0.39, 0.29) is 11.4 Å². The molecule has 0 aliphatic carbocycles. The first-order valence-electron chi connectivity index (χ1n) is 5.15. The first-order valence-corrected chi connectivity index (χ1v) is 5.90. The summed E-state index contributed by atoms with van der Waals surface area (Å²) in [5, 5.41) is 0.803. The number of rotatable bonds is 3. The molecule has 2 rings (SSSR count). The zero-order valence-electron chi connectivity index (χ0n) is 9.56.